The van der Waals surface area contributed by atoms with Crippen molar-refractivity contribution in [2.24, 2.45) is 0 Å². The third-order valence-electron chi connectivity index (χ3n) is 1.52. The normalized spacial score (nSPS) is 10.5. The number of carbonyl (C=O) groups excluding carboxylic acids is 1. The Balaban J connectivity index is 3.30. The van der Waals surface area contributed by atoms with Crippen molar-refractivity contribution in [3.63, 3.8) is 0 Å². The maximum absolute atomic E-state index is 12.2. The highest BCUT2D eigenvalue weighted by molar-refractivity contribution is 6.33. The monoisotopic (exact) mass is 205 g/mol. The zero-order chi connectivity index (χ0) is 10.0. The molecule has 2 nitrogen and oxygen atoms in total. The van der Waals surface area contributed by atoms with Crippen molar-refractivity contribution in [1.82, 2.24) is 4.98 Å². The molecule has 0 unspecified atom stereocenters. The van der Waals surface area contributed by atoms with Crippen LogP contribution >= 0.6 is 11.6 Å². The second kappa shape index (κ2) is 3.79. The topological polar surface area (TPSA) is 30.0 Å². The van der Waals surface area contributed by atoms with Crippen molar-refractivity contribution in [3.8, 4) is 0 Å². The van der Waals surface area contributed by atoms with Crippen LogP contribution in [0.4, 0.5) is 8.78 Å². The summed E-state index contributed by atoms with van der Waals surface area (Å²) in [7, 11) is 0. The van der Waals surface area contributed by atoms with Crippen LogP contribution in [0.25, 0.3) is 0 Å². The second-order valence-corrected chi connectivity index (χ2v) is 2.86. The molecule has 0 spiro atoms. The fourth-order valence-corrected chi connectivity index (χ4v) is 1.04. The number of aromatic nitrogens is 1. The Morgan fingerprint density at radius 3 is 2.69 bits per heavy atom. The van der Waals surface area contributed by atoms with Crippen LogP contribution in [-0.4, -0.2) is 11.3 Å². The van der Waals surface area contributed by atoms with Crippen LogP contribution in [-0.2, 0) is 0 Å². The van der Waals surface area contributed by atoms with Crippen LogP contribution in [0.5, 0.6) is 0 Å². The van der Waals surface area contributed by atoms with Crippen LogP contribution in [0.2, 0.25) is 5.02 Å². The van der Waals surface area contributed by atoms with E-state index < -0.39 is 12.1 Å². The summed E-state index contributed by atoms with van der Waals surface area (Å²) in [6, 6.07) is 1.17. The predicted molar refractivity (Wildman–Crippen MR) is 44.3 cm³/mol. The molecule has 0 saturated carbocycles. The molecular formula is C8H6ClF2NO. The summed E-state index contributed by atoms with van der Waals surface area (Å²) in [6.07, 6.45) is -2.32. The summed E-state index contributed by atoms with van der Waals surface area (Å²) in [5.41, 5.74) is -0.143. The summed E-state index contributed by atoms with van der Waals surface area (Å²) in [6.45, 7) is 1.54. The number of nitrogens with zero attached hydrogens (tertiary/aromatic N) is 1. The highest BCUT2D eigenvalue weighted by atomic mass is 35.5. The summed E-state index contributed by atoms with van der Waals surface area (Å²) >= 11 is 5.63. The molecular weight excluding hydrogens is 200 g/mol. The highest BCUT2D eigenvalue weighted by Gasteiger charge is 2.13. The standard InChI is InChI=1S/C8H6ClF2NO/c1-4-2-5(8(10)11)12-6(3-13)7(4)9/h2-3,8H,1H3. The van der Waals surface area contributed by atoms with Gasteiger partial charge in [-0.15, -0.1) is 0 Å². The summed E-state index contributed by atoms with van der Waals surface area (Å²) in [5, 5.41) is 0.124. The van der Waals surface area contributed by atoms with Gasteiger partial charge in [0.25, 0.3) is 6.43 Å². The number of hydrogen-bond acceptors (Lipinski definition) is 2. The van der Waals surface area contributed by atoms with Gasteiger partial charge in [-0.1, -0.05) is 11.6 Å². The molecule has 0 radical (unpaired) electrons. The molecule has 0 N–H and O–H groups in total. The lowest BCUT2D eigenvalue weighted by Crippen LogP contribution is -1.98. The lowest BCUT2D eigenvalue weighted by Gasteiger charge is -2.04. The van der Waals surface area contributed by atoms with Crippen molar-refractivity contribution in [1.29, 1.82) is 0 Å². The second-order valence-electron chi connectivity index (χ2n) is 2.48. The van der Waals surface area contributed by atoms with E-state index in [1.54, 1.807) is 6.92 Å². The van der Waals surface area contributed by atoms with E-state index in [0.717, 1.165) is 0 Å². The number of hydrogen-bond donors (Lipinski definition) is 0. The zero-order valence-corrected chi connectivity index (χ0v) is 7.48. The van der Waals surface area contributed by atoms with Crippen LogP contribution in [0.15, 0.2) is 6.07 Å². The van der Waals surface area contributed by atoms with Gasteiger partial charge in [0, 0.05) is 0 Å². The van der Waals surface area contributed by atoms with Gasteiger partial charge < -0.3 is 0 Å². The molecule has 1 rings (SSSR count). The summed E-state index contributed by atoms with van der Waals surface area (Å²) in [5.74, 6) is 0. The number of carbonyl (C=O) groups is 1. The van der Waals surface area contributed by atoms with Gasteiger partial charge in [0.1, 0.15) is 11.4 Å². The average molecular weight is 206 g/mol. The number of alkyl halides is 2. The molecule has 70 valence electrons. The Kier molecular flexibility index (Phi) is 2.93. The van der Waals surface area contributed by atoms with Crippen molar-refractivity contribution in [2.75, 3.05) is 0 Å². The molecule has 1 heterocycles. The maximum Gasteiger partial charge on any atom is 0.280 e. The molecule has 0 aliphatic carbocycles. The lowest BCUT2D eigenvalue weighted by atomic mass is 10.2. The molecule has 0 atom stereocenters. The minimum absolute atomic E-state index is 0.124. The summed E-state index contributed by atoms with van der Waals surface area (Å²) in [4.78, 5) is 13.8. The first-order valence-electron chi connectivity index (χ1n) is 3.46. The Hall–Kier alpha value is -1.03. The highest BCUT2D eigenvalue weighted by Crippen LogP contribution is 2.23. The average Bonchev–Trinajstić information content (AvgIpc) is 2.09. The Labute approximate surface area is 78.5 Å². The predicted octanol–water partition coefficient (Wildman–Crippen LogP) is 2.79. The van der Waals surface area contributed by atoms with Gasteiger partial charge in [-0.3, -0.25) is 4.79 Å². The van der Waals surface area contributed by atoms with E-state index >= 15 is 0 Å². The van der Waals surface area contributed by atoms with E-state index in [9.17, 15) is 13.6 Å². The van der Waals surface area contributed by atoms with Gasteiger partial charge in [0.05, 0.1) is 5.02 Å². The Morgan fingerprint density at radius 1 is 1.62 bits per heavy atom. The van der Waals surface area contributed by atoms with Crippen LogP contribution in [0, 0.1) is 6.92 Å². The lowest BCUT2D eigenvalue weighted by molar-refractivity contribution is 0.111. The van der Waals surface area contributed by atoms with E-state index in [2.05, 4.69) is 4.98 Å². The van der Waals surface area contributed by atoms with E-state index in [0.29, 0.717) is 11.8 Å². The first kappa shape index (κ1) is 10.1. The van der Waals surface area contributed by atoms with Gasteiger partial charge in [-0.25, -0.2) is 13.8 Å². The smallest absolute Gasteiger partial charge is 0.280 e. The molecule has 0 fully saturated rings. The minimum atomic E-state index is -2.69. The Bertz CT molecular complexity index is 341. The van der Waals surface area contributed by atoms with Crippen molar-refractivity contribution in [3.05, 3.63) is 28.0 Å². The molecule has 1 aromatic heterocycles. The molecule has 0 aliphatic rings. The van der Waals surface area contributed by atoms with Crippen molar-refractivity contribution < 1.29 is 13.6 Å². The number of aryl methyl sites for hydroxylation is 1. The van der Waals surface area contributed by atoms with E-state index in [1.807, 2.05) is 0 Å². The molecule has 13 heavy (non-hydrogen) atoms. The fourth-order valence-electron chi connectivity index (χ4n) is 0.898. The maximum atomic E-state index is 12.2. The Morgan fingerprint density at radius 2 is 2.23 bits per heavy atom. The van der Waals surface area contributed by atoms with Gasteiger partial charge >= 0.3 is 0 Å². The van der Waals surface area contributed by atoms with Gasteiger partial charge in [0.15, 0.2) is 6.29 Å². The van der Waals surface area contributed by atoms with Crippen LogP contribution in [0.3, 0.4) is 0 Å². The zero-order valence-electron chi connectivity index (χ0n) is 6.72. The number of halogens is 3. The molecule has 0 saturated heterocycles. The molecule has 1 aromatic rings. The molecule has 0 aliphatic heterocycles. The van der Waals surface area contributed by atoms with Gasteiger partial charge in [0.2, 0.25) is 0 Å². The molecule has 0 amide bonds. The SMILES string of the molecule is Cc1cc(C(F)F)nc(C=O)c1Cl. The van der Waals surface area contributed by atoms with Crippen LogP contribution < -0.4 is 0 Å². The third kappa shape index (κ3) is 2.01. The number of aldehydes is 1. The van der Waals surface area contributed by atoms with Gasteiger partial charge in [-0.2, -0.15) is 0 Å². The molecule has 0 bridgehead atoms. The van der Waals surface area contributed by atoms with Crippen molar-refractivity contribution >= 4 is 17.9 Å². The van der Waals surface area contributed by atoms with E-state index in [4.69, 9.17) is 11.6 Å². The van der Waals surface area contributed by atoms with E-state index in [1.165, 1.54) is 6.07 Å². The first-order chi connectivity index (χ1) is 6.06. The van der Waals surface area contributed by atoms with Crippen LogP contribution in [0.1, 0.15) is 28.2 Å². The summed E-state index contributed by atoms with van der Waals surface area (Å²) < 4.78 is 24.3. The molecule has 0 aromatic carbocycles. The van der Waals surface area contributed by atoms with E-state index in [-0.39, 0.29) is 10.7 Å². The first-order valence-corrected chi connectivity index (χ1v) is 3.84. The number of rotatable bonds is 2. The van der Waals surface area contributed by atoms with Crippen molar-refractivity contribution in [2.45, 2.75) is 13.3 Å². The fraction of sp³-hybridized carbons (Fsp3) is 0.250. The molecule has 5 heteroatoms. The van der Waals surface area contributed by atoms with Gasteiger partial charge in [-0.05, 0) is 18.6 Å². The third-order valence-corrected chi connectivity index (χ3v) is 2.01. The number of pyridine rings is 1. The quantitative estimate of drug-likeness (QED) is 0.695. The largest absolute Gasteiger partial charge is 0.296 e. The minimum Gasteiger partial charge on any atom is -0.296 e.